The van der Waals surface area contributed by atoms with Gasteiger partial charge in [-0.3, -0.25) is 9.69 Å². The van der Waals surface area contributed by atoms with Gasteiger partial charge in [-0.05, 0) is 57.2 Å². The molecule has 2 aliphatic heterocycles. The van der Waals surface area contributed by atoms with Crippen LogP contribution < -0.4 is 0 Å². The maximum atomic E-state index is 13.9. The number of aryl methyl sites for hydroxylation is 1. The summed E-state index contributed by atoms with van der Waals surface area (Å²) in [6.45, 7) is 5.46. The van der Waals surface area contributed by atoms with Gasteiger partial charge in [0.05, 0.1) is 5.69 Å². The first-order valence-corrected chi connectivity index (χ1v) is 9.87. The van der Waals surface area contributed by atoms with Gasteiger partial charge in [0.25, 0.3) is 5.91 Å². The zero-order valence-electron chi connectivity index (χ0n) is 16.0. The lowest BCUT2D eigenvalue weighted by atomic mass is 9.83. The third-order valence-corrected chi connectivity index (χ3v) is 6.18. The molecule has 0 bridgehead atoms. The highest BCUT2D eigenvalue weighted by atomic mass is 19.2. The number of amides is 1. The number of benzene rings is 1. The Morgan fingerprint density at radius 1 is 1.18 bits per heavy atom. The van der Waals surface area contributed by atoms with Crippen molar-refractivity contribution in [3.8, 4) is 0 Å². The third-order valence-electron chi connectivity index (χ3n) is 6.18. The predicted octanol–water partition coefficient (Wildman–Crippen LogP) is 3.64. The summed E-state index contributed by atoms with van der Waals surface area (Å²) < 4.78 is 32.5. The Kier molecular flexibility index (Phi) is 5.44. The standard InChI is InChI=1S/C21H25F2N3O2/c1-14-20(28-13-24-14)21(27)26-10-7-16(12-26)15-5-8-25(9-6-15)11-17-3-2-4-18(22)19(17)23/h2-4,13,15-16H,5-12H2,1H3/t16-/m1/s1. The number of nitrogens with zero attached hydrogens (tertiary/aromatic N) is 3. The Hall–Kier alpha value is -2.28. The second kappa shape index (κ2) is 7.99. The van der Waals surface area contributed by atoms with Crippen LogP contribution in [0.25, 0.3) is 0 Å². The molecule has 0 saturated carbocycles. The zero-order valence-corrected chi connectivity index (χ0v) is 16.0. The average molecular weight is 389 g/mol. The SMILES string of the molecule is Cc1ncoc1C(=O)N1CC[C@@H](C2CCN(Cc3cccc(F)c3F)CC2)C1. The molecule has 4 rings (SSSR count). The average Bonchev–Trinajstić information content (AvgIpc) is 3.35. The largest absolute Gasteiger partial charge is 0.438 e. The van der Waals surface area contributed by atoms with Crippen LogP contribution in [0.1, 0.15) is 41.1 Å². The molecule has 0 spiro atoms. The predicted molar refractivity (Wildman–Crippen MR) is 99.6 cm³/mol. The zero-order chi connectivity index (χ0) is 19.7. The van der Waals surface area contributed by atoms with E-state index in [2.05, 4.69) is 9.88 Å². The second-order valence-corrected chi connectivity index (χ2v) is 7.89. The summed E-state index contributed by atoms with van der Waals surface area (Å²) in [6, 6.07) is 4.36. The molecule has 0 radical (unpaired) electrons. The van der Waals surface area contributed by atoms with E-state index >= 15 is 0 Å². The van der Waals surface area contributed by atoms with Gasteiger partial charge in [-0.1, -0.05) is 12.1 Å². The molecule has 0 unspecified atom stereocenters. The fourth-order valence-electron chi connectivity index (χ4n) is 4.50. The van der Waals surface area contributed by atoms with E-state index in [1.54, 1.807) is 19.1 Å². The minimum Gasteiger partial charge on any atom is -0.438 e. The van der Waals surface area contributed by atoms with Gasteiger partial charge in [-0.15, -0.1) is 0 Å². The lowest BCUT2D eigenvalue weighted by molar-refractivity contribution is 0.0740. The molecule has 1 aromatic carbocycles. The monoisotopic (exact) mass is 389 g/mol. The first-order chi connectivity index (χ1) is 13.5. The van der Waals surface area contributed by atoms with Crippen molar-refractivity contribution in [2.24, 2.45) is 11.8 Å². The van der Waals surface area contributed by atoms with Crippen LogP contribution in [0.15, 0.2) is 29.0 Å². The number of piperidine rings is 1. The van der Waals surface area contributed by atoms with Crippen molar-refractivity contribution < 1.29 is 18.0 Å². The molecule has 3 heterocycles. The van der Waals surface area contributed by atoms with Crippen molar-refractivity contribution in [3.63, 3.8) is 0 Å². The summed E-state index contributed by atoms with van der Waals surface area (Å²) in [5.41, 5.74) is 1.05. The van der Waals surface area contributed by atoms with Crippen LogP contribution in [0.2, 0.25) is 0 Å². The first kappa shape index (κ1) is 19.1. The van der Waals surface area contributed by atoms with Crippen LogP contribution in [0.4, 0.5) is 8.78 Å². The maximum Gasteiger partial charge on any atom is 0.291 e. The number of likely N-dealkylation sites (tertiary alicyclic amines) is 2. The summed E-state index contributed by atoms with van der Waals surface area (Å²) in [5.74, 6) is -0.214. The van der Waals surface area contributed by atoms with Gasteiger partial charge in [0.2, 0.25) is 5.76 Å². The van der Waals surface area contributed by atoms with E-state index in [1.807, 2.05) is 4.90 Å². The Bertz CT molecular complexity index is 846. The van der Waals surface area contributed by atoms with Crippen LogP contribution in [0, 0.1) is 30.4 Å². The fourth-order valence-corrected chi connectivity index (χ4v) is 4.50. The number of aromatic nitrogens is 1. The summed E-state index contributed by atoms with van der Waals surface area (Å²) in [5, 5.41) is 0. The molecule has 0 N–H and O–H groups in total. The van der Waals surface area contributed by atoms with Crippen LogP contribution in [0.3, 0.4) is 0 Å². The number of carbonyl (C=O) groups excluding carboxylic acids is 1. The molecule has 2 aliphatic rings. The van der Waals surface area contributed by atoms with E-state index in [-0.39, 0.29) is 5.91 Å². The fraction of sp³-hybridized carbons (Fsp3) is 0.524. The van der Waals surface area contributed by atoms with Crippen LogP contribution in [0.5, 0.6) is 0 Å². The normalized spacial score (nSPS) is 21.4. The van der Waals surface area contributed by atoms with Gasteiger partial charge in [0, 0.05) is 25.2 Å². The van der Waals surface area contributed by atoms with Crippen molar-refractivity contribution in [1.29, 1.82) is 0 Å². The topological polar surface area (TPSA) is 49.6 Å². The molecule has 2 aromatic rings. The number of rotatable bonds is 4. The highest BCUT2D eigenvalue weighted by Gasteiger charge is 2.35. The Morgan fingerprint density at radius 3 is 2.64 bits per heavy atom. The molecular formula is C21H25F2N3O2. The lowest BCUT2D eigenvalue weighted by Gasteiger charge is -2.34. The van der Waals surface area contributed by atoms with Gasteiger partial charge >= 0.3 is 0 Å². The summed E-state index contributed by atoms with van der Waals surface area (Å²) in [7, 11) is 0. The molecule has 2 saturated heterocycles. The summed E-state index contributed by atoms with van der Waals surface area (Å²) in [6.07, 6.45) is 4.35. The molecule has 150 valence electrons. The van der Waals surface area contributed by atoms with E-state index in [0.29, 0.717) is 35.4 Å². The third kappa shape index (κ3) is 3.81. The summed E-state index contributed by atoms with van der Waals surface area (Å²) in [4.78, 5) is 20.6. The molecular weight excluding hydrogens is 364 g/mol. The minimum atomic E-state index is -0.787. The molecule has 1 amide bonds. The number of hydrogen-bond donors (Lipinski definition) is 0. The molecule has 5 nitrogen and oxygen atoms in total. The molecule has 28 heavy (non-hydrogen) atoms. The highest BCUT2D eigenvalue weighted by Crippen LogP contribution is 2.33. The van der Waals surface area contributed by atoms with Gasteiger partial charge in [-0.25, -0.2) is 13.8 Å². The van der Waals surface area contributed by atoms with E-state index in [4.69, 9.17) is 4.42 Å². The number of carbonyl (C=O) groups is 1. The summed E-state index contributed by atoms with van der Waals surface area (Å²) >= 11 is 0. The van der Waals surface area contributed by atoms with Gasteiger partial charge in [0.1, 0.15) is 0 Å². The quantitative estimate of drug-likeness (QED) is 0.801. The van der Waals surface area contributed by atoms with Gasteiger partial charge < -0.3 is 9.32 Å². The second-order valence-electron chi connectivity index (χ2n) is 7.89. The van der Waals surface area contributed by atoms with Crippen LogP contribution in [-0.2, 0) is 6.54 Å². The number of halogens is 2. The van der Waals surface area contributed by atoms with Crippen LogP contribution >= 0.6 is 0 Å². The van der Waals surface area contributed by atoms with Gasteiger partial charge in [0.15, 0.2) is 18.0 Å². The van der Waals surface area contributed by atoms with Crippen molar-refractivity contribution in [1.82, 2.24) is 14.8 Å². The molecule has 0 aliphatic carbocycles. The molecule has 2 fully saturated rings. The Balaban J connectivity index is 1.29. The highest BCUT2D eigenvalue weighted by molar-refractivity contribution is 5.92. The van der Waals surface area contributed by atoms with E-state index in [0.717, 1.165) is 51.5 Å². The van der Waals surface area contributed by atoms with Crippen molar-refractivity contribution in [3.05, 3.63) is 53.2 Å². The minimum absolute atomic E-state index is 0.0727. The van der Waals surface area contributed by atoms with Gasteiger partial charge in [-0.2, -0.15) is 0 Å². The molecule has 1 aromatic heterocycles. The number of hydrogen-bond acceptors (Lipinski definition) is 4. The first-order valence-electron chi connectivity index (χ1n) is 9.87. The van der Waals surface area contributed by atoms with Crippen molar-refractivity contribution in [2.45, 2.75) is 32.7 Å². The van der Waals surface area contributed by atoms with E-state index in [9.17, 15) is 13.6 Å². The van der Waals surface area contributed by atoms with Crippen molar-refractivity contribution >= 4 is 5.91 Å². The smallest absolute Gasteiger partial charge is 0.291 e. The van der Waals surface area contributed by atoms with E-state index in [1.165, 1.54) is 6.39 Å². The maximum absolute atomic E-state index is 13.9. The lowest BCUT2D eigenvalue weighted by Crippen LogP contribution is -2.37. The van der Waals surface area contributed by atoms with Crippen LogP contribution in [-0.4, -0.2) is 46.9 Å². The van der Waals surface area contributed by atoms with E-state index < -0.39 is 11.6 Å². The Labute approximate surface area is 163 Å². The van der Waals surface area contributed by atoms with Crippen molar-refractivity contribution in [2.75, 3.05) is 26.2 Å². The molecule has 7 heteroatoms. The molecule has 1 atom stereocenters. The Morgan fingerprint density at radius 2 is 1.93 bits per heavy atom. The number of oxazole rings is 1.